The molecule has 0 bridgehead atoms. The van der Waals surface area contributed by atoms with Crippen LogP contribution < -0.4 is 10.9 Å². The van der Waals surface area contributed by atoms with Crippen molar-refractivity contribution >= 4 is 0 Å². The molecule has 0 aliphatic carbocycles. The molecule has 0 radical (unpaired) electrons. The minimum Gasteiger partial charge on any atom is -0.338 e. The van der Waals surface area contributed by atoms with E-state index >= 15 is 0 Å². The number of aromatic nitrogens is 4. The van der Waals surface area contributed by atoms with Crippen molar-refractivity contribution < 1.29 is 0 Å². The molecule has 0 unspecified atom stereocenters. The molecule has 3 heterocycles. The zero-order valence-electron chi connectivity index (χ0n) is 11.0. The zero-order valence-corrected chi connectivity index (χ0v) is 11.0. The second-order valence-corrected chi connectivity index (χ2v) is 4.81. The third-order valence-corrected chi connectivity index (χ3v) is 3.49. The number of aryl methyl sites for hydroxylation is 3. The molecule has 0 spiro atoms. The van der Waals surface area contributed by atoms with E-state index in [1.807, 2.05) is 17.8 Å². The van der Waals surface area contributed by atoms with Gasteiger partial charge in [-0.15, -0.1) is 0 Å². The Morgan fingerprint density at radius 2 is 2.37 bits per heavy atom. The van der Waals surface area contributed by atoms with Crippen LogP contribution >= 0.6 is 0 Å². The number of hydrogen-bond acceptors (Lipinski definition) is 4. The summed E-state index contributed by atoms with van der Waals surface area (Å²) in [5.41, 5.74) is 2.04. The fraction of sp³-hybridized carbons (Fsp3) is 0.462. The monoisotopic (exact) mass is 259 g/mol. The Balaban J connectivity index is 1.81. The fourth-order valence-corrected chi connectivity index (χ4v) is 2.36. The minimum atomic E-state index is -0.0309. The van der Waals surface area contributed by atoms with Crippen molar-refractivity contribution in [3.63, 3.8) is 0 Å². The lowest BCUT2D eigenvalue weighted by Gasteiger charge is -2.16. The summed E-state index contributed by atoms with van der Waals surface area (Å²) in [6.45, 7) is 2.25. The van der Waals surface area contributed by atoms with Crippen LogP contribution in [0.4, 0.5) is 0 Å². The number of fused-ring (bicyclic) bond motifs is 1. The third-order valence-electron chi connectivity index (χ3n) is 3.49. The first-order chi connectivity index (χ1) is 9.24. The Morgan fingerprint density at radius 1 is 1.47 bits per heavy atom. The van der Waals surface area contributed by atoms with Crippen LogP contribution in [-0.4, -0.2) is 25.9 Å². The van der Waals surface area contributed by atoms with Crippen molar-refractivity contribution in [2.45, 2.75) is 25.9 Å². The second-order valence-electron chi connectivity index (χ2n) is 4.81. The molecule has 0 atom stereocenters. The van der Waals surface area contributed by atoms with E-state index in [1.165, 1.54) is 0 Å². The van der Waals surface area contributed by atoms with Crippen LogP contribution in [0.5, 0.6) is 0 Å². The summed E-state index contributed by atoms with van der Waals surface area (Å²) < 4.78 is 3.52. The van der Waals surface area contributed by atoms with Gasteiger partial charge in [0.25, 0.3) is 5.56 Å². The van der Waals surface area contributed by atoms with Crippen molar-refractivity contribution in [3.05, 3.63) is 45.9 Å². The van der Waals surface area contributed by atoms with Gasteiger partial charge >= 0.3 is 0 Å². The summed E-state index contributed by atoms with van der Waals surface area (Å²) in [7, 11) is 1.96. The quantitative estimate of drug-likeness (QED) is 0.833. The van der Waals surface area contributed by atoms with Crippen molar-refractivity contribution in [3.8, 4) is 0 Å². The van der Waals surface area contributed by atoms with Crippen LogP contribution in [-0.2, 0) is 33.0 Å². The van der Waals surface area contributed by atoms with E-state index < -0.39 is 0 Å². The molecule has 0 saturated heterocycles. The Morgan fingerprint density at radius 3 is 3.16 bits per heavy atom. The molecular formula is C13H17N5O. The van der Waals surface area contributed by atoms with Crippen LogP contribution in [0.15, 0.2) is 23.3 Å². The van der Waals surface area contributed by atoms with E-state index in [2.05, 4.69) is 15.4 Å². The lowest BCUT2D eigenvalue weighted by molar-refractivity contribution is 0.523. The number of rotatable bonds is 3. The first kappa shape index (κ1) is 12.1. The highest BCUT2D eigenvalue weighted by molar-refractivity contribution is 5.20. The molecule has 100 valence electrons. The lowest BCUT2D eigenvalue weighted by atomic mass is 10.1. The van der Waals surface area contributed by atoms with Gasteiger partial charge in [-0.1, -0.05) is 0 Å². The van der Waals surface area contributed by atoms with E-state index in [0.29, 0.717) is 13.0 Å². The molecule has 3 rings (SSSR count). The van der Waals surface area contributed by atoms with Gasteiger partial charge in [0.2, 0.25) is 0 Å². The highest BCUT2D eigenvalue weighted by atomic mass is 16.1. The van der Waals surface area contributed by atoms with E-state index in [1.54, 1.807) is 16.9 Å². The number of imidazole rings is 1. The molecule has 0 aromatic carbocycles. The smallest absolute Gasteiger partial charge is 0.267 e. The average molecular weight is 259 g/mol. The SMILES string of the molecule is Cn1ccnc1CCn1nc2c(cc1=O)CNCC2. The largest absolute Gasteiger partial charge is 0.338 e. The summed E-state index contributed by atoms with van der Waals surface area (Å²) in [5, 5.41) is 7.72. The zero-order chi connectivity index (χ0) is 13.2. The lowest BCUT2D eigenvalue weighted by Crippen LogP contribution is -2.32. The Bertz CT molecular complexity index is 643. The van der Waals surface area contributed by atoms with Gasteiger partial charge in [-0.25, -0.2) is 9.67 Å². The third kappa shape index (κ3) is 2.44. The Kier molecular flexibility index (Phi) is 3.16. The van der Waals surface area contributed by atoms with Gasteiger partial charge in [-0.05, 0) is 5.56 Å². The normalized spacial score (nSPS) is 14.4. The fourth-order valence-electron chi connectivity index (χ4n) is 2.36. The summed E-state index contributed by atoms with van der Waals surface area (Å²) in [4.78, 5) is 16.2. The van der Waals surface area contributed by atoms with Crippen molar-refractivity contribution in [1.82, 2.24) is 24.6 Å². The van der Waals surface area contributed by atoms with Crippen LogP contribution in [0.25, 0.3) is 0 Å². The molecule has 0 amide bonds. The van der Waals surface area contributed by atoms with Crippen LogP contribution in [0, 0.1) is 0 Å². The summed E-state index contributed by atoms with van der Waals surface area (Å²) in [5.74, 6) is 0.966. The Labute approximate surface area is 111 Å². The van der Waals surface area contributed by atoms with Crippen molar-refractivity contribution in [2.24, 2.45) is 7.05 Å². The van der Waals surface area contributed by atoms with E-state index in [-0.39, 0.29) is 5.56 Å². The van der Waals surface area contributed by atoms with Crippen molar-refractivity contribution in [1.29, 1.82) is 0 Å². The van der Waals surface area contributed by atoms with Gasteiger partial charge in [-0.3, -0.25) is 4.79 Å². The second kappa shape index (κ2) is 4.97. The van der Waals surface area contributed by atoms with Gasteiger partial charge in [0.15, 0.2) is 0 Å². The minimum absolute atomic E-state index is 0.0309. The van der Waals surface area contributed by atoms with Gasteiger partial charge in [-0.2, -0.15) is 5.10 Å². The molecule has 0 fully saturated rings. The van der Waals surface area contributed by atoms with Gasteiger partial charge in [0, 0.05) is 51.4 Å². The molecule has 2 aromatic heterocycles. The summed E-state index contributed by atoms with van der Waals surface area (Å²) in [6.07, 6.45) is 5.28. The molecule has 1 aliphatic heterocycles. The van der Waals surface area contributed by atoms with Gasteiger partial charge in [0.05, 0.1) is 12.2 Å². The number of nitrogens with zero attached hydrogens (tertiary/aromatic N) is 4. The standard InChI is InChI=1S/C13H17N5O/c1-17-7-5-15-12(17)3-6-18-13(19)8-10-9-14-4-2-11(10)16-18/h5,7-8,14H,2-4,6,9H2,1H3. The predicted octanol–water partition coefficient (Wildman–Crippen LogP) is -0.135. The topological polar surface area (TPSA) is 64.7 Å². The van der Waals surface area contributed by atoms with E-state index in [0.717, 1.165) is 36.6 Å². The molecule has 1 N–H and O–H groups in total. The molecule has 0 saturated carbocycles. The summed E-state index contributed by atoms with van der Waals surface area (Å²) >= 11 is 0. The first-order valence-corrected chi connectivity index (χ1v) is 6.51. The summed E-state index contributed by atoms with van der Waals surface area (Å²) in [6, 6.07) is 1.70. The highest BCUT2D eigenvalue weighted by Gasteiger charge is 2.12. The first-order valence-electron chi connectivity index (χ1n) is 6.51. The van der Waals surface area contributed by atoms with Gasteiger partial charge in [0.1, 0.15) is 5.82 Å². The average Bonchev–Trinajstić information content (AvgIpc) is 2.82. The maximum atomic E-state index is 12.0. The van der Waals surface area contributed by atoms with Crippen LogP contribution in [0.3, 0.4) is 0 Å². The molecule has 6 heteroatoms. The Hall–Kier alpha value is -1.95. The van der Waals surface area contributed by atoms with E-state index in [4.69, 9.17) is 0 Å². The van der Waals surface area contributed by atoms with E-state index in [9.17, 15) is 4.79 Å². The predicted molar refractivity (Wildman–Crippen MR) is 70.8 cm³/mol. The van der Waals surface area contributed by atoms with Crippen LogP contribution in [0.1, 0.15) is 17.1 Å². The molecule has 19 heavy (non-hydrogen) atoms. The van der Waals surface area contributed by atoms with Gasteiger partial charge < -0.3 is 9.88 Å². The van der Waals surface area contributed by atoms with Crippen LogP contribution in [0.2, 0.25) is 0 Å². The molecule has 2 aromatic rings. The maximum absolute atomic E-state index is 12.0. The van der Waals surface area contributed by atoms with Crippen molar-refractivity contribution in [2.75, 3.05) is 6.54 Å². The molecular weight excluding hydrogens is 242 g/mol. The highest BCUT2D eigenvalue weighted by Crippen LogP contribution is 2.07. The number of nitrogens with one attached hydrogen (secondary N) is 1. The molecule has 1 aliphatic rings. The number of hydrogen-bond donors (Lipinski definition) is 1. The maximum Gasteiger partial charge on any atom is 0.267 e. The molecule has 6 nitrogen and oxygen atoms in total.